The first-order valence-corrected chi connectivity index (χ1v) is 7.71. The summed E-state index contributed by atoms with van der Waals surface area (Å²) in [5, 5.41) is 0.890. The maximum Gasteiger partial charge on any atom is 0.140 e. The van der Waals surface area contributed by atoms with Gasteiger partial charge in [-0.3, -0.25) is 0 Å². The van der Waals surface area contributed by atoms with Crippen LogP contribution >= 0.6 is 23.2 Å². The Bertz CT molecular complexity index is 598. The maximum absolute atomic E-state index is 6.22. The molecule has 2 aromatic carbocycles. The van der Waals surface area contributed by atoms with Gasteiger partial charge in [-0.2, -0.15) is 0 Å². The molecule has 0 heterocycles. The Morgan fingerprint density at radius 2 is 1.76 bits per heavy atom. The molecule has 0 radical (unpaired) electrons. The van der Waals surface area contributed by atoms with Gasteiger partial charge >= 0.3 is 0 Å². The standard InChI is InChI=1S/C17H19Cl2NO/c1-3-14(20)17(12-9-7-11(2)8-10-12)21-15-6-4-5-13(18)16(15)19/h4-10,14,17H,3,20H2,1-2H3. The van der Waals surface area contributed by atoms with E-state index in [2.05, 4.69) is 0 Å². The first kappa shape index (κ1) is 16.2. The second kappa shape index (κ2) is 7.17. The lowest BCUT2D eigenvalue weighted by atomic mass is 10.00. The lowest BCUT2D eigenvalue weighted by Gasteiger charge is -2.25. The second-order valence-corrected chi connectivity index (χ2v) is 5.86. The summed E-state index contributed by atoms with van der Waals surface area (Å²) in [6.45, 7) is 4.09. The van der Waals surface area contributed by atoms with Gasteiger partial charge in [0.1, 0.15) is 16.9 Å². The summed E-state index contributed by atoms with van der Waals surface area (Å²) in [4.78, 5) is 0. The van der Waals surface area contributed by atoms with Gasteiger partial charge in [0.2, 0.25) is 0 Å². The third-order valence-corrected chi connectivity index (χ3v) is 4.24. The Hall–Kier alpha value is -1.22. The van der Waals surface area contributed by atoms with Crippen LogP contribution in [-0.2, 0) is 0 Å². The number of rotatable bonds is 5. The summed E-state index contributed by atoms with van der Waals surface area (Å²) in [6.07, 6.45) is 0.545. The van der Waals surface area contributed by atoms with Gasteiger partial charge in [0.25, 0.3) is 0 Å². The summed E-state index contributed by atoms with van der Waals surface area (Å²) in [5.74, 6) is 0.554. The Kier molecular flexibility index (Phi) is 5.51. The Morgan fingerprint density at radius 1 is 1.10 bits per heavy atom. The van der Waals surface area contributed by atoms with Crippen LogP contribution in [0.15, 0.2) is 42.5 Å². The predicted octanol–water partition coefficient (Wildman–Crippen LogP) is 5.16. The third kappa shape index (κ3) is 3.91. The first-order valence-electron chi connectivity index (χ1n) is 6.95. The van der Waals surface area contributed by atoms with E-state index in [-0.39, 0.29) is 12.1 Å². The molecule has 0 bridgehead atoms. The summed E-state index contributed by atoms with van der Waals surface area (Å²) >= 11 is 12.2. The molecule has 2 N–H and O–H groups in total. The Morgan fingerprint density at radius 3 is 2.38 bits per heavy atom. The van der Waals surface area contributed by atoms with Crippen molar-refractivity contribution in [2.24, 2.45) is 5.73 Å². The van der Waals surface area contributed by atoms with E-state index < -0.39 is 0 Å². The van der Waals surface area contributed by atoms with Crippen molar-refractivity contribution in [1.29, 1.82) is 0 Å². The van der Waals surface area contributed by atoms with Gasteiger partial charge in [0, 0.05) is 6.04 Å². The van der Waals surface area contributed by atoms with E-state index in [1.807, 2.05) is 44.2 Å². The van der Waals surface area contributed by atoms with Crippen LogP contribution < -0.4 is 10.5 Å². The van der Waals surface area contributed by atoms with Gasteiger partial charge in [-0.05, 0) is 31.0 Å². The van der Waals surface area contributed by atoms with E-state index in [1.54, 1.807) is 12.1 Å². The van der Waals surface area contributed by atoms with Crippen LogP contribution in [0.3, 0.4) is 0 Å². The highest BCUT2D eigenvalue weighted by atomic mass is 35.5. The fraction of sp³-hybridized carbons (Fsp3) is 0.294. The molecule has 0 fully saturated rings. The minimum absolute atomic E-state index is 0.122. The first-order chi connectivity index (χ1) is 10.0. The molecule has 0 aliphatic rings. The second-order valence-electron chi connectivity index (χ2n) is 5.07. The van der Waals surface area contributed by atoms with Crippen LogP contribution in [0.2, 0.25) is 10.0 Å². The van der Waals surface area contributed by atoms with E-state index in [0.717, 1.165) is 12.0 Å². The number of hydrogen-bond acceptors (Lipinski definition) is 2. The quantitative estimate of drug-likeness (QED) is 0.824. The van der Waals surface area contributed by atoms with Crippen LogP contribution in [0, 0.1) is 6.92 Å². The number of hydrogen-bond donors (Lipinski definition) is 1. The molecule has 2 rings (SSSR count). The highest BCUT2D eigenvalue weighted by Crippen LogP contribution is 2.35. The largest absolute Gasteiger partial charge is 0.482 e. The highest BCUT2D eigenvalue weighted by molar-refractivity contribution is 6.42. The Balaban J connectivity index is 2.33. The molecule has 2 nitrogen and oxygen atoms in total. The molecule has 112 valence electrons. The van der Waals surface area contributed by atoms with E-state index in [1.165, 1.54) is 5.56 Å². The lowest BCUT2D eigenvalue weighted by Crippen LogP contribution is -2.31. The molecule has 0 spiro atoms. The van der Waals surface area contributed by atoms with Crippen molar-refractivity contribution in [1.82, 2.24) is 0 Å². The number of nitrogens with two attached hydrogens (primary N) is 1. The van der Waals surface area contributed by atoms with Gasteiger partial charge in [-0.15, -0.1) is 0 Å². The fourth-order valence-electron chi connectivity index (χ4n) is 2.08. The molecule has 2 atom stereocenters. The zero-order valence-corrected chi connectivity index (χ0v) is 13.7. The molecule has 21 heavy (non-hydrogen) atoms. The van der Waals surface area contributed by atoms with Crippen molar-refractivity contribution >= 4 is 23.2 Å². The molecule has 0 amide bonds. The van der Waals surface area contributed by atoms with E-state index in [0.29, 0.717) is 15.8 Å². The Labute approximate surface area is 135 Å². The van der Waals surface area contributed by atoms with Gasteiger partial charge in [-0.1, -0.05) is 66.0 Å². The van der Waals surface area contributed by atoms with Crippen LogP contribution in [0.4, 0.5) is 0 Å². The van der Waals surface area contributed by atoms with Crippen molar-refractivity contribution in [3.05, 3.63) is 63.6 Å². The van der Waals surface area contributed by atoms with Crippen molar-refractivity contribution < 1.29 is 4.74 Å². The smallest absolute Gasteiger partial charge is 0.140 e. The maximum atomic E-state index is 6.22. The zero-order valence-electron chi connectivity index (χ0n) is 12.1. The number of ether oxygens (including phenoxy) is 1. The molecule has 4 heteroatoms. The average Bonchev–Trinajstić information content (AvgIpc) is 2.49. The molecule has 0 aromatic heterocycles. The van der Waals surface area contributed by atoms with Crippen molar-refractivity contribution in [2.75, 3.05) is 0 Å². The molecule has 0 saturated carbocycles. The topological polar surface area (TPSA) is 35.2 Å². The minimum atomic E-state index is -0.258. The SMILES string of the molecule is CCC(N)C(Oc1cccc(Cl)c1Cl)c1ccc(C)cc1. The van der Waals surface area contributed by atoms with Crippen molar-refractivity contribution in [2.45, 2.75) is 32.4 Å². The average molecular weight is 324 g/mol. The molecule has 2 unspecified atom stereocenters. The van der Waals surface area contributed by atoms with Crippen molar-refractivity contribution in [3.63, 3.8) is 0 Å². The molecule has 0 aliphatic heterocycles. The van der Waals surface area contributed by atoms with Crippen LogP contribution in [-0.4, -0.2) is 6.04 Å². The third-order valence-electron chi connectivity index (χ3n) is 3.44. The van der Waals surface area contributed by atoms with Crippen LogP contribution in [0.1, 0.15) is 30.6 Å². The summed E-state index contributed by atoms with van der Waals surface area (Å²) in [5.41, 5.74) is 8.45. The van der Waals surface area contributed by atoms with E-state index >= 15 is 0 Å². The number of halogens is 2. The number of benzene rings is 2. The normalized spacial score (nSPS) is 13.8. The van der Waals surface area contributed by atoms with Gasteiger partial charge in [0.05, 0.1) is 5.02 Å². The van der Waals surface area contributed by atoms with Gasteiger partial charge in [0.15, 0.2) is 0 Å². The number of aryl methyl sites for hydroxylation is 1. The summed E-state index contributed by atoms with van der Waals surface area (Å²) in [6, 6.07) is 13.4. The predicted molar refractivity (Wildman–Crippen MR) is 89.3 cm³/mol. The molecule has 0 saturated heterocycles. The lowest BCUT2D eigenvalue weighted by molar-refractivity contribution is 0.171. The van der Waals surface area contributed by atoms with E-state index in [4.69, 9.17) is 33.7 Å². The zero-order chi connectivity index (χ0) is 15.4. The molecule has 2 aromatic rings. The van der Waals surface area contributed by atoms with Crippen LogP contribution in [0.5, 0.6) is 5.75 Å². The highest BCUT2D eigenvalue weighted by Gasteiger charge is 2.22. The van der Waals surface area contributed by atoms with Gasteiger partial charge < -0.3 is 10.5 Å². The van der Waals surface area contributed by atoms with Gasteiger partial charge in [-0.25, -0.2) is 0 Å². The minimum Gasteiger partial charge on any atom is -0.482 e. The summed E-state index contributed by atoms with van der Waals surface area (Å²) in [7, 11) is 0. The fourth-order valence-corrected chi connectivity index (χ4v) is 2.42. The molecular weight excluding hydrogens is 305 g/mol. The van der Waals surface area contributed by atoms with E-state index in [9.17, 15) is 0 Å². The monoisotopic (exact) mass is 323 g/mol. The summed E-state index contributed by atoms with van der Waals surface area (Å²) < 4.78 is 6.06. The van der Waals surface area contributed by atoms with Crippen molar-refractivity contribution in [3.8, 4) is 5.75 Å². The molecule has 0 aliphatic carbocycles. The molecular formula is C17H19Cl2NO. The van der Waals surface area contributed by atoms with Crippen LogP contribution in [0.25, 0.3) is 0 Å².